The number of aromatic nitrogens is 4. The lowest BCUT2D eigenvalue weighted by atomic mass is 10.2. The van der Waals surface area contributed by atoms with E-state index in [2.05, 4.69) is 93.5 Å². The van der Waals surface area contributed by atoms with E-state index in [-0.39, 0.29) is 0 Å². The number of benzene rings is 4. The average molecular weight is 1430 g/mol. The van der Waals surface area contributed by atoms with Gasteiger partial charge in [0, 0.05) is 168 Å². The van der Waals surface area contributed by atoms with Gasteiger partial charge in [0.2, 0.25) is 0 Å². The summed E-state index contributed by atoms with van der Waals surface area (Å²) in [5.41, 5.74) is 7.65. The molecule has 0 fully saturated rings. The highest BCUT2D eigenvalue weighted by atomic mass is 35.5. The lowest BCUT2D eigenvalue weighted by molar-refractivity contribution is 0.235. The summed E-state index contributed by atoms with van der Waals surface area (Å²) in [7, 11) is 0. The van der Waals surface area contributed by atoms with Gasteiger partial charge in [-0.05, 0) is 249 Å². The van der Waals surface area contributed by atoms with Crippen LogP contribution in [0.25, 0.3) is 43.6 Å². The van der Waals surface area contributed by atoms with E-state index in [0.29, 0.717) is 40.5 Å². The molecule has 502 valence electrons. The molecule has 0 bridgehead atoms. The molecule has 8 rings (SSSR count). The number of fused-ring (bicyclic) bond motifs is 4. The minimum Gasteiger partial charge on any atom is -0.384 e. The predicted molar refractivity (Wildman–Crippen MR) is 414 cm³/mol. The van der Waals surface area contributed by atoms with Crippen LogP contribution in [0.4, 0.5) is 22.7 Å². The van der Waals surface area contributed by atoms with Crippen molar-refractivity contribution >= 4 is 182 Å². The molecule has 94 heavy (non-hydrogen) atoms. The van der Waals surface area contributed by atoms with Crippen molar-refractivity contribution in [3.8, 4) is 0 Å². The molecule has 0 unspecified atom stereocenters. The van der Waals surface area contributed by atoms with Crippen LogP contribution in [-0.2, 0) is 0 Å². The molecule has 4 aromatic carbocycles. The Kier molecular flexibility index (Phi) is 32.4. The highest BCUT2D eigenvalue weighted by molar-refractivity contribution is 7.80. The van der Waals surface area contributed by atoms with E-state index < -0.39 is 0 Å². The van der Waals surface area contributed by atoms with Crippen LogP contribution < -0.4 is 63.8 Å². The molecule has 0 radical (unpaired) electrons. The first-order valence-corrected chi connectivity index (χ1v) is 35.7. The Balaban J connectivity index is 0.758. The number of thiocarbonyl (C=S) groups is 4. The topological polar surface area (TPSA) is 202 Å². The molecule has 0 aliphatic carbocycles. The zero-order valence-electron chi connectivity index (χ0n) is 53.2. The number of hydrogen-bond acceptors (Lipinski definition) is 14. The van der Waals surface area contributed by atoms with E-state index >= 15 is 0 Å². The molecule has 8 aromatic rings. The molecule has 18 nitrogen and oxygen atoms in total. The highest BCUT2D eigenvalue weighted by Crippen LogP contribution is 2.28. The summed E-state index contributed by atoms with van der Waals surface area (Å²) in [4.78, 5) is 23.0. The number of hydrogen-bond donors (Lipinski definition) is 12. The first-order valence-electron chi connectivity index (χ1n) is 32.6. The molecule has 0 amide bonds. The van der Waals surface area contributed by atoms with Crippen molar-refractivity contribution in [2.24, 2.45) is 0 Å². The lowest BCUT2D eigenvalue weighted by Gasteiger charge is -2.25. The second kappa shape index (κ2) is 41.5. The van der Waals surface area contributed by atoms with Crippen molar-refractivity contribution in [3.63, 3.8) is 0 Å². The summed E-state index contributed by atoms with van der Waals surface area (Å²) >= 11 is 47.7. The Morgan fingerprint density at radius 2 is 0.489 bits per heavy atom. The van der Waals surface area contributed by atoms with Crippen molar-refractivity contribution in [2.45, 2.75) is 64.2 Å². The number of anilines is 4. The molecule has 26 heteroatoms. The zero-order valence-corrected chi connectivity index (χ0v) is 59.5. The quantitative estimate of drug-likeness (QED) is 0.0127. The SMILES string of the molecule is S=C(NCCCNc1ccnc2cc(Cl)ccc12)NCCCN(CCCCN(CCCNC(=S)NCCCNc1ccnc2cc(Cl)ccc12)CCCNC(=S)NCCCNc1ccnc2cc(Cl)ccc12)CCCNC(=S)NCCCNc1ccnc2cc(Cl)ccc12. The molecular weight excluding hydrogens is 1340 g/mol. The van der Waals surface area contributed by atoms with Crippen LogP contribution in [0.1, 0.15) is 64.2 Å². The first-order chi connectivity index (χ1) is 45.9. The van der Waals surface area contributed by atoms with E-state index in [1.807, 2.05) is 97.1 Å². The molecule has 0 saturated carbocycles. The monoisotopic (exact) mass is 1420 g/mol. The Bertz CT molecular complexity index is 3220. The smallest absolute Gasteiger partial charge is 0.166 e. The van der Waals surface area contributed by atoms with E-state index in [9.17, 15) is 0 Å². The second-order valence-corrected chi connectivity index (χ2v) is 26.1. The van der Waals surface area contributed by atoms with Crippen LogP contribution in [0.5, 0.6) is 0 Å². The largest absolute Gasteiger partial charge is 0.384 e. The maximum atomic E-state index is 6.21. The molecular formula is C68H88Cl4N18S4. The number of halogens is 4. The molecule has 0 saturated heterocycles. The number of nitrogens with zero attached hydrogens (tertiary/aromatic N) is 6. The minimum atomic E-state index is 0.673. The van der Waals surface area contributed by atoms with Crippen molar-refractivity contribution in [1.82, 2.24) is 72.3 Å². The fourth-order valence-electron chi connectivity index (χ4n) is 10.8. The highest BCUT2D eigenvalue weighted by Gasteiger charge is 2.12. The van der Waals surface area contributed by atoms with Gasteiger partial charge in [0.1, 0.15) is 0 Å². The van der Waals surface area contributed by atoms with Crippen molar-refractivity contribution < 1.29 is 0 Å². The molecule has 0 spiro atoms. The van der Waals surface area contributed by atoms with Gasteiger partial charge >= 0.3 is 0 Å². The predicted octanol–water partition coefficient (Wildman–Crippen LogP) is 12.6. The molecule has 4 aromatic heterocycles. The summed E-state index contributed by atoms with van der Waals surface area (Å²) < 4.78 is 0. The van der Waals surface area contributed by atoms with Crippen LogP contribution >= 0.6 is 95.3 Å². The van der Waals surface area contributed by atoms with Gasteiger partial charge < -0.3 is 73.6 Å². The first kappa shape index (κ1) is 73.4. The lowest BCUT2D eigenvalue weighted by Crippen LogP contribution is -2.39. The Labute approximate surface area is 595 Å². The van der Waals surface area contributed by atoms with Gasteiger partial charge in [0.05, 0.1) is 22.1 Å². The maximum Gasteiger partial charge on any atom is 0.166 e. The average Bonchev–Trinajstić information content (AvgIpc) is 0.907. The van der Waals surface area contributed by atoms with E-state index in [1.165, 1.54) is 0 Å². The fraction of sp³-hybridized carbons (Fsp3) is 0.412. The third kappa shape index (κ3) is 26.3. The molecule has 0 aliphatic heterocycles. The third-order valence-electron chi connectivity index (χ3n) is 15.6. The summed E-state index contributed by atoms with van der Waals surface area (Å²) in [5, 5.41) is 51.1. The van der Waals surface area contributed by atoms with Crippen LogP contribution in [-0.4, -0.2) is 168 Å². The van der Waals surface area contributed by atoms with Crippen molar-refractivity contribution in [2.75, 3.05) is 139 Å². The molecule has 4 heterocycles. The standard InChI is InChI=1S/C68H88Cl4N18S4/c69-49-11-15-53-57(19-35-77-61(53)45-49)73-23-3-27-81-65(91)85-31-7-41-89(42-8-32-86-66(92)82-28-4-24-74-58-20-36-78-62-46-50(70)12-16-54(58)62)39-1-2-40-90(43-9-33-87-67(93)83-29-5-25-75-59-21-37-79-63-47-51(71)13-17-55(59)63)44-10-34-88-68(94)84-30-6-26-76-60-22-38-80-64-48-52(72)14-18-56(60)64/h11-22,35-38,45-48H,1-10,23-34,39-44H2,(H,73,77)(H,74,78)(H,75,79)(H,76,80)(H2,81,85,91)(H2,82,86,92)(H2,83,87,93)(H2,84,88,94). The Hall–Kier alpha value is -6.44. The summed E-state index contributed by atoms with van der Waals surface area (Å²) in [6.45, 7) is 15.1. The zero-order chi connectivity index (χ0) is 66.0. The third-order valence-corrected chi connectivity index (χ3v) is 17.7. The van der Waals surface area contributed by atoms with E-state index in [4.69, 9.17) is 95.3 Å². The number of rotatable bonds is 41. The normalized spacial score (nSPS) is 11.3. The van der Waals surface area contributed by atoms with E-state index in [1.54, 1.807) is 24.8 Å². The van der Waals surface area contributed by atoms with Gasteiger partial charge in [0.25, 0.3) is 0 Å². The summed E-state index contributed by atoms with van der Waals surface area (Å²) in [6.07, 6.45) is 16.8. The van der Waals surface area contributed by atoms with Crippen LogP contribution in [0.15, 0.2) is 122 Å². The van der Waals surface area contributed by atoms with Crippen LogP contribution in [0.2, 0.25) is 20.1 Å². The van der Waals surface area contributed by atoms with Gasteiger partial charge in [-0.15, -0.1) is 0 Å². The maximum absolute atomic E-state index is 6.21. The Morgan fingerprint density at radius 1 is 0.277 bits per heavy atom. The van der Waals surface area contributed by atoms with Crippen molar-refractivity contribution in [3.05, 3.63) is 142 Å². The Morgan fingerprint density at radius 3 is 0.723 bits per heavy atom. The van der Waals surface area contributed by atoms with Gasteiger partial charge in [-0.1, -0.05) is 46.4 Å². The second-order valence-electron chi connectivity index (χ2n) is 22.7. The fourth-order valence-corrected chi connectivity index (χ4v) is 12.2. The van der Waals surface area contributed by atoms with Crippen molar-refractivity contribution in [1.29, 1.82) is 0 Å². The molecule has 12 N–H and O–H groups in total. The number of pyridine rings is 4. The molecule has 0 aliphatic rings. The van der Waals surface area contributed by atoms with Gasteiger partial charge in [-0.2, -0.15) is 0 Å². The van der Waals surface area contributed by atoms with Gasteiger partial charge in [-0.25, -0.2) is 0 Å². The van der Waals surface area contributed by atoms with Gasteiger partial charge in [0.15, 0.2) is 20.4 Å². The van der Waals surface area contributed by atoms with Crippen LogP contribution in [0, 0.1) is 0 Å². The van der Waals surface area contributed by atoms with Gasteiger partial charge in [-0.3, -0.25) is 19.9 Å². The summed E-state index contributed by atoms with van der Waals surface area (Å²) in [6, 6.07) is 31.1. The number of nitrogens with one attached hydrogen (secondary N) is 12. The minimum absolute atomic E-state index is 0.673. The number of unbranched alkanes of at least 4 members (excludes halogenated alkanes) is 1. The molecule has 0 atom stereocenters. The van der Waals surface area contributed by atoms with Crippen LogP contribution in [0.3, 0.4) is 0 Å². The summed E-state index contributed by atoms with van der Waals surface area (Å²) in [5.74, 6) is 0. The van der Waals surface area contributed by atoms with E-state index in [0.717, 1.165) is 248 Å².